The number of benzene rings is 8. The Morgan fingerprint density at radius 2 is 1.00 bits per heavy atom. The lowest BCUT2D eigenvalue weighted by molar-refractivity contribution is 0.670. The second kappa shape index (κ2) is 9.44. The number of fused-ring (bicyclic) bond motifs is 6. The molecule has 9 aromatic rings. The van der Waals surface area contributed by atoms with Gasteiger partial charge in [-0.05, 0) is 72.7 Å². The molecule has 0 unspecified atom stereocenters. The third-order valence-electron chi connectivity index (χ3n) is 7.87. The van der Waals surface area contributed by atoms with E-state index >= 15 is 0 Å². The van der Waals surface area contributed by atoms with Crippen LogP contribution in [0.5, 0.6) is 0 Å². The van der Waals surface area contributed by atoms with Crippen molar-refractivity contribution in [3.05, 3.63) is 157 Å². The topological polar surface area (TPSA) is 13.1 Å². The van der Waals surface area contributed by atoms with Crippen molar-refractivity contribution in [2.24, 2.45) is 0 Å². The predicted molar refractivity (Wildman–Crippen MR) is 183 cm³/mol. The molecule has 43 heavy (non-hydrogen) atoms. The molecule has 1 heterocycles. The zero-order valence-corrected chi connectivity index (χ0v) is 22.4. The van der Waals surface area contributed by atoms with Crippen molar-refractivity contribution in [2.75, 3.05) is 0 Å². The van der Waals surface area contributed by atoms with E-state index < -0.39 is 60.4 Å². The summed E-state index contributed by atoms with van der Waals surface area (Å²) in [7, 11) is 0. The van der Waals surface area contributed by atoms with Crippen molar-refractivity contribution in [1.82, 2.24) is 0 Å². The molecule has 0 aliphatic heterocycles. The maximum Gasteiger partial charge on any atom is 0.143 e. The van der Waals surface area contributed by atoms with Gasteiger partial charge in [0.1, 0.15) is 11.2 Å². The molecule has 0 amide bonds. The summed E-state index contributed by atoms with van der Waals surface area (Å²) in [5.41, 5.74) is 1.51. The first-order valence-corrected chi connectivity index (χ1v) is 13.7. The lowest BCUT2D eigenvalue weighted by Crippen LogP contribution is -1.92. The van der Waals surface area contributed by atoms with E-state index in [0.717, 1.165) is 0 Å². The van der Waals surface area contributed by atoms with E-state index in [1.54, 1.807) is 78.9 Å². The van der Waals surface area contributed by atoms with Gasteiger partial charge < -0.3 is 4.42 Å². The third kappa shape index (κ3) is 3.65. The first-order chi connectivity index (χ1) is 26.8. The minimum atomic E-state index is -0.531. The molecule has 1 heteroatoms. The van der Waals surface area contributed by atoms with Crippen LogP contribution >= 0.6 is 0 Å². The Bertz CT molecular complexity index is 3170. The highest BCUT2D eigenvalue weighted by Gasteiger charge is 2.21. The van der Waals surface area contributed by atoms with E-state index in [4.69, 9.17) is 18.1 Å². The Balaban J connectivity index is 1.54. The molecule has 0 bridgehead atoms. The van der Waals surface area contributed by atoms with Gasteiger partial charge in [-0.2, -0.15) is 0 Å². The maximum atomic E-state index is 9.80. The van der Waals surface area contributed by atoms with Crippen LogP contribution in [-0.2, 0) is 0 Å². The van der Waals surface area contributed by atoms with Gasteiger partial charge >= 0.3 is 0 Å². The highest BCUT2D eigenvalue weighted by atomic mass is 16.3. The largest absolute Gasteiger partial charge is 0.455 e. The van der Waals surface area contributed by atoms with Crippen LogP contribution in [-0.4, -0.2) is 0 Å². The normalized spacial score (nSPS) is 16.0. The molecule has 0 aliphatic rings. The summed E-state index contributed by atoms with van der Waals surface area (Å²) in [5.74, 6) is 0. The molecule has 0 radical (unpaired) electrons. The number of furan rings is 1. The maximum absolute atomic E-state index is 9.80. The van der Waals surface area contributed by atoms with Gasteiger partial charge in [0.15, 0.2) is 0 Å². The zero-order valence-electron chi connectivity index (χ0n) is 35.4. The Hall–Kier alpha value is -5.66. The molecule has 0 N–H and O–H groups in total. The van der Waals surface area contributed by atoms with E-state index in [9.17, 15) is 4.11 Å². The number of rotatable bonds is 3. The number of para-hydroxylation sites is 2. The summed E-state index contributed by atoms with van der Waals surface area (Å²) < 4.78 is 122. The van der Waals surface area contributed by atoms with Gasteiger partial charge in [-0.1, -0.05) is 139 Å². The summed E-state index contributed by atoms with van der Waals surface area (Å²) in [6, 6.07) is 17.6. The van der Waals surface area contributed by atoms with E-state index in [2.05, 4.69) is 0 Å². The van der Waals surface area contributed by atoms with Crippen molar-refractivity contribution < 1.29 is 22.2 Å². The second-order valence-corrected chi connectivity index (χ2v) is 10.2. The van der Waals surface area contributed by atoms with Crippen LogP contribution in [0.25, 0.3) is 87.6 Å². The van der Waals surface area contributed by atoms with Crippen LogP contribution in [0.4, 0.5) is 0 Å². The third-order valence-corrected chi connectivity index (χ3v) is 7.87. The fraction of sp³-hybridized carbons (Fsp3) is 0. The molecule has 8 aromatic carbocycles. The second-order valence-electron chi connectivity index (χ2n) is 10.2. The van der Waals surface area contributed by atoms with Gasteiger partial charge in [-0.15, -0.1) is 0 Å². The number of hydrogen-bond acceptors (Lipinski definition) is 1. The minimum Gasteiger partial charge on any atom is -0.455 e. The van der Waals surface area contributed by atoms with Gasteiger partial charge in [0.05, 0.1) is 17.8 Å². The van der Waals surface area contributed by atoms with E-state index in [1.807, 2.05) is 0 Å². The summed E-state index contributed by atoms with van der Waals surface area (Å²) in [5, 5.41) is 1.87. The van der Waals surface area contributed by atoms with Gasteiger partial charge in [0, 0.05) is 21.9 Å². The fourth-order valence-corrected chi connectivity index (χ4v) is 6.05. The van der Waals surface area contributed by atoms with Crippen LogP contribution in [0.15, 0.2) is 162 Å². The van der Waals surface area contributed by atoms with Gasteiger partial charge in [0.2, 0.25) is 0 Å². The average Bonchev–Trinajstić information content (AvgIpc) is 3.61. The summed E-state index contributed by atoms with van der Waals surface area (Å²) >= 11 is 0. The van der Waals surface area contributed by atoms with E-state index in [0.29, 0.717) is 38.2 Å². The Kier molecular flexibility index (Phi) is 3.18. The average molecular weight is 560 g/mol. The van der Waals surface area contributed by atoms with Crippen molar-refractivity contribution >= 4 is 54.3 Å². The number of hydrogen-bond donors (Lipinski definition) is 0. The van der Waals surface area contributed by atoms with Gasteiger partial charge in [0.25, 0.3) is 0 Å². The molecular weight excluding hydrogens is 520 g/mol. The molecule has 0 atom stereocenters. The highest BCUT2D eigenvalue weighted by Crippen LogP contribution is 2.48. The van der Waals surface area contributed by atoms with Crippen LogP contribution < -0.4 is 0 Å². The van der Waals surface area contributed by atoms with Gasteiger partial charge in [-0.3, -0.25) is 0 Å². The Morgan fingerprint density at radius 1 is 0.419 bits per heavy atom. The molecule has 0 fully saturated rings. The minimum absolute atomic E-state index is 0.00458. The van der Waals surface area contributed by atoms with Crippen molar-refractivity contribution in [2.45, 2.75) is 0 Å². The molecule has 9 rings (SSSR count). The standard InChI is InChI=1S/C42H26O/c1-2-13-27(14-3-1)29-25-28-15-4-5-16-30(28)38(26-29)41-34-20-8-6-18-32(34)40(33-19-7-9-21-35(33)41)37-23-12-22-36-31-17-10-11-24-39(31)43-42(36)37/h1-26H/i4D,5D,10D,11D,12D,15D,16D,17D,22D,23D,24D,25D,26D. The lowest BCUT2D eigenvalue weighted by Gasteiger charge is -2.19. The quantitative estimate of drug-likeness (QED) is 0.196. The van der Waals surface area contributed by atoms with Crippen molar-refractivity contribution in [3.8, 4) is 33.4 Å². The Labute approximate surface area is 267 Å². The molecule has 1 aromatic heterocycles. The monoisotopic (exact) mass is 559 g/mol. The molecule has 1 nitrogen and oxygen atoms in total. The molecule has 200 valence electrons. The zero-order chi connectivity index (χ0) is 39.6. The summed E-state index contributed by atoms with van der Waals surface area (Å²) in [6.07, 6.45) is 0. The Morgan fingerprint density at radius 3 is 1.72 bits per heavy atom. The summed E-state index contributed by atoms with van der Waals surface area (Å²) in [6.45, 7) is 0. The van der Waals surface area contributed by atoms with Crippen LogP contribution in [0.2, 0.25) is 0 Å². The molecule has 0 saturated heterocycles. The first-order valence-electron chi connectivity index (χ1n) is 20.2. The van der Waals surface area contributed by atoms with Crippen LogP contribution in [0.1, 0.15) is 17.8 Å². The first kappa shape index (κ1) is 14.5. The van der Waals surface area contributed by atoms with Crippen molar-refractivity contribution in [3.63, 3.8) is 0 Å². The molecule has 0 spiro atoms. The summed E-state index contributed by atoms with van der Waals surface area (Å²) in [4.78, 5) is 0. The smallest absolute Gasteiger partial charge is 0.143 e. The molecular formula is C42H26O. The van der Waals surface area contributed by atoms with E-state index in [1.165, 1.54) is 0 Å². The van der Waals surface area contributed by atoms with Crippen LogP contribution in [0, 0.1) is 0 Å². The SMILES string of the molecule is [2H]c1c([2H])c([2H])c2c(oc3c(-c4c5ccccc5c(-c5c([2H])c(-c6ccccc6)c([2H])c6c([2H])c([2H])c([2H])c([2H])c56)c5ccccc45)c([2H])c([2H])c([2H])c32)c1[2H]. The van der Waals surface area contributed by atoms with Crippen molar-refractivity contribution in [1.29, 1.82) is 0 Å². The highest BCUT2D eigenvalue weighted by molar-refractivity contribution is 6.26. The lowest BCUT2D eigenvalue weighted by atomic mass is 9.83. The van der Waals surface area contributed by atoms with Crippen LogP contribution in [0.3, 0.4) is 0 Å². The fourth-order valence-electron chi connectivity index (χ4n) is 6.05. The molecule has 0 aliphatic carbocycles. The predicted octanol–water partition coefficient (Wildman–Crippen LogP) is 12.0. The van der Waals surface area contributed by atoms with E-state index in [-0.39, 0.29) is 67.5 Å². The van der Waals surface area contributed by atoms with Gasteiger partial charge in [-0.25, -0.2) is 0 Å². The molecule has 0 saturated carbocycles.